The number of nitrogens with zero attached hydrogens (tertiary/aromatic N) is 2. The van der Waals surface area contributed by atoms with Gasteiger partial charge in [-0.3, -0.25) is 9.78 Å². The largest absolute Gasteiger partial charge is 0.366 e. The Balaban J connectivity index is 1.61. The summed E-state index contributed by atoms with van der Waals surface area (Å²) in [5.74, 6) is -0.236. The predicted octanol–water partition coefficient (Wildman–Crippen LogP) is 4.13. The fourth-order valence-electron chi connectivity index (χ4n) is 2.10. The minimum absolute atomic E-state index is 0.0495. The minimum Gasteiger partial charge on any atom is -0.366 e. The predicted molar refractivity (Wildman–Crippen MR) is 95.2 cm³/mol. The first-order valence-corrected chi connectivity index (χ1v) is 7.85. The molecule has 0 aliphatic heterocycles. The van der Waals surface area contributed by atoms with Crippen molar-refractivity contribution in [2.75, 3.05) is 10.6 Å². The van der Waals surface area contributed by atoms with E-state index in [0.717, 1.165) is 5.56 Å². The normalized spacial score (nSPS) is 10.3. The van der Waals surface area contributed by atoms with Gasteiger partial charge in [0.05, 0.1) is 10.6 Å². The number of hydrogen-bond donors (Lipinski definition) is 2. The fourth-order valence-corrected chi connectivity index (χ4v) is 2.28. The molecule has 25 heavy (non-hydrogen) atoms. The summed E-state index contributed by atoms with van der Waals surface area (Å²) in [6.07, 6.45) is 4.91. The summed E-state index contributed by atoms with van der Waals surface area (Å²) in [6, 6.07) is 11.2. The van der Waals surface area contributed by atoms with Crippen molar-refractivity contribution in [2.24, 2.45) is 0 Å². The molecule has 0 fully saturated rings. The van der Waals surface area contributed by atoms with Gasteiger partial charge in [-0.05, 0) is 48.0 Å². The van der Waals surface area contributed by atoms with Crippen molar-refractivity contribution in [1.82, 2.24) is 9.97 Å². The number of aromatic nitrogens is 2. The molecule has 0 bridgehead atoms. The number of carbonyl (C=O) groups excluding carboxylic acids is 1. The van der Waals surface area contributed by atoms with Crippen LogP contribution in [0, 0.1) is 5.82 Å². The van der Waals surface area contributed by atoms with Gasteiger partial charge in [0.1, 0.15) is 11.6 Å². The third-order valence-corrected chi connectivity index (χ3v) is 3.72. The second-order valence-corrected chi connectivity index (χ2v) is 5.63. The zero-order valence-electron chi connectivity index (χ0n) is 13.0. The van der Waals surface area contributed by atoms with Crippen molar-refractivity contribution in [3.05, 3.63) is 83.0 Å². The molecule has 126 valence electrons. The lowest BCUT2D eigenvalue weighted by Crippen LogP contribution is -2.12. The summed E-state index contributed by atoms with van der Waals surface area (Å²) < 4.78 is 13.1. The van der Waals surface area contributed by atoms with Crippen LogP contribution in [0.25, 0.3) is 0 Å². The van der Waals surface area contributed by atoms with E-state index in [1.807, 2.05) is 12.1 Å². The van der Waals surface area contributed by atoms with Crippen LogP contribution in [0.2, 0.25) is 5.02 Å². The van der Waals surface area contributed by atoms with Gasteiger partial charge in [0, 0.05) is 30.8 Å². The van der Waals surface area contributed by atoms with Gasteiger partial charge in [0.25, 0.3) is 5.91 Å². The Kier molecular flexibility index (Phi) is 5.20. The Labute approximate surface area is 148 Å². The summed E-state index contributed by atoms with van der Waals surface area (Å²) in [5.41, 5.74) is 1.87. The SMILES string of the molecule is O=C(Nc1ccc(F)c(Cl)c1)c1ccc(NCc2ccncc2)nc1. The number of nitrogens with one attached hydrogen (secondary N) is 2. The first-order valence-electron chi connectivity index (χ1n) is 7.47. The summed E-state index contributed by atoms with van der Waals surface area (Å²) in [5, 5.41) is 5.76. The quantitative estimate of drug-likeness (QED) is 0.721. The summed E-state index contributed by atoms with van der Waals surface area (Å²) in [4.78, 5) is 20.4. The molecule has 1 aromatic carbocycles. The van der Waals surface area contributed by atoms with Crippen molar-refractivity contribution >= 4 is 29.0 Å². The number of amides is 1. The highest BCUT2D eigenvalue weighted by Gasteiger charge is 2.08. The van der Waals surface area contributed by atoms with Crippen LogP contribution in [0.1, 0.15) is 15.9 Å². The van der Waals surface area contributed by atoms with Gasteiger partial charge >= 0.3 is 0 Å². The summed E-state index contributed by atoms with van der Waals surface area (Å²) >= 11 is 5.70. The maximum atomic E-state index is 13.1. The Bertz CT molecular complexity index is 872. The molecule has 3 rings (SSSR count). The molecule has 2 aromatic heterocycles. The molecule has 2 heterocycles. The van der Waals surface area contributed by atoms with Gasteiger partial charge < -0.3 is 10.6 Å². The Morgan fingerprint density at radius 2 is 1.92 bits per heavy atom. The van der Waals surface area contributed by atoms with E-state index in [9.17, 15) is 9.18 Å². The lowest BCUT2D eigenvalue weighted by molar-refractivity contribution is 0.102. The van der Waals surface area contributed by atoms with Crippen LogP contribution < -0.4 is 10.6 Å². The molecule has 0 saturated carbocycles. The number of anilines is 2. The molecule has 2 N–H and O–H groups in total. The maximum absolute atomic E-state index is 13.1. The second kappa shape index (κ2) is 7.72. The third-order valence-electron chi connectivity index (χ3n) is 3.43. The van der Waals surface area contributed by atoms with Crippen LogP contribution in [-0.4, -0.2) is 15.9 Å². The Morgan fingerprint density at radius 3 is 2.60 bits per heavy atom. The van der Waals surface area contributed by atoms with E-state index < -0.39 is 5.82 Å². The van der Waals surface area contributed by atoms with Gasteiger partial charge in [0.15, 0.2) is 0 Å². The average molecular weight is 357 g/mol. The molecule has 5 nitrogen and oxygen atoms in total. The average Bonchev–Trinajstić information content (AvgIpc) is 2.64. The Morgan fingerprint density at radius 1 is 1.12 bits per heavy atom. The first-order chi connectivity index (χ1) is 12.1. The third kappa shape index (κ3) is 4.51. The molecule has 0 spiro atoms. The molecule has 1 amide bonds. The van der Waals surface area contributed by atoms with E-state index in [1.54, 1.807) is 24.5 Å². The Hall–Kier alpha value is -2.99. The highest BCUT2D eigenvalue weighted by atomic mass is 35.5. The second-order valence-electron chi connectivity index (χ2n) is 5.22. The van der Waals surface area contributed by atoms with E-state index >= 15 is 0 Å². The lowest BCUT2D eigenvalue weighted by Gasteiger charge is -2.08. The zero-order valence-corrected chi connectivity index (χ0v) is 13.8. The number of halogens is 2. The number of pyridine rings is 2. The maximum Gasteiger partial charge on any atom is 0.257 e. The van der Waals surface area contributed by atoms with Crippen LogP contribution in [0.4, 0.5) is 15.9 Å². The lowest BCUT2D eigenvalue weighted by atomic mass is 10.2. The molecule has 0 saturated heterocycles. The van der Waals surface area contributed by atoms with E-state index in [4.69, 9.17) is 11.6 Å². The molecular weight excluding hydrogens is 343 g/mol. The first kappa shape index (κ1) is 16.9. The number of benzene rings is 1. The molecule has 7 heteroatoms. The van der Waals surface area contributed by atoms with Crippen molar-refractivity contribution in [3.8, 4) is 0 Å². The van der Waals surface area contributed by atoms with E-state index in [2.05, 4.69) is 20.6 Å². The van der Waals surface area contributed by atoms with Crippen LogP contribution in [0.5, 0.6) is 0 Å². The van der Waals surface area contributed by atoms with Gasteiger partial charge in [-0.25, -0.2) is 9.37 Å². The van der Waals surface area contributed by atoms with E-state index in [-0.39, 0.29) is 10.9 Å². The molecular formula is C18H14ClFN4O. The van der Waals surface area contributed by atoms with Gasteiger partial charge in [-0.1, -0.05) is 11.6 Å². The topological polar surface area (TPSA) is 66.9 Å². The summed E-state index contributed by atoms with van der Waals surface area (Å²) in [7, 11) is 0. The molecule has 0 radical (unpaired) electrons. The fraction of sp³-hybridized carbons (Fsp3) is 0.0556. The van der Waals surface area contributed by atoms with E-state index in [0.29, 0.717) is 23.6 Å². The standard InChI is InChI=1S/C18H14ClFN4O/c19-15-9-14(2-3-16(15)20)24-18(25)13-1-4-17(23-11-13)22-10-12-5-7-21-8-6-12/h1-9,11H,10H2,(H,22,23)(H,24,25). The number of rotatable bonds is 5. The van der Waals surface area contributed by atoms with Crippen molar-refractivity contribution in [1.29, 1.82) is 0 Å². The van der Waals surface area contributed by atoms with Crippen LogP contribution >= 0.6 is 11.6 Å². The van der Waals surface area contributed by atoms with Crippen molar-refractivity contribution in [3.63, 3.8) is 0 Å². The number of carbonyl (C=O) groups is 1. The van der Waals surface area contributed by atoms with Crippen LogP contribution in [0.3, 0.4) is 0 Å². The van der Waals surface area contributed by atoms with Gasteiger partial charge in [-0.15, -0.1) is 0 Å². The zero-order chi connectivity index (χ0) is 17.6. The molecule has 0 aliphatic rings. The molecule has 0 aliphatic carbocycles. The summed E-state index contributed by atoms with van der Waals surface area (Å²) in [6.45, 7) is 0.606. The highest BCUT2D eigenvalue weighted by molar-refractivity contribution is 6.31. The van der Waals surface area contributed by atoms with Gasteiger partial charge in [-0.2, -0.15) is 0 Å². The molecule has 0 unspecified atom stereocenters. The number of hydrogen-bond acceptors (Lipinski definition) is 4. The van der Waals surface area contributed by atoms with Crippen LogP contribution in [0.15, 0.2) is 61.1 Å². The molecule has 3 aromatic rings. The molecule has 0 atom stereocenters. The monoisotopic (exact) mass is 356 g/mol. The smallest absolute Gasteiger partial charge is 0.257 e. The van der Waals surface area contributed by atoms with Crippen molar-refractivity contribution in [2.45, 2.75) is 6.54 Å². The van der Waals surface area contributed by atoms with Crippen molar-refractivity contribution < 1.29 is 9.18 Å². The minimum atomic E-state index is -0.536. The van der Waals surface area contributed by atoms with Crippen LogP contribution in [-0.2, 0) is 6.54 Å². The van der Waals surface area contributed by atoms with E-state index in [1.165, 1.54) is 24.4 Å². The highest BCUT2D eigenvalue weighted by Crippen LogP contribution is 2.20. The van der Waals surface area contributed by atoms with Gasteiger partial charge in [0.2, 0.25) is 0 Å².